The number of thiol groups is 1. The Labute approximate surface area is 147 Å². The highest BCUT2D eigenvalue weighted by Gasteiger charge is 2.28. The summed E-state index contributed by atoms with van der Waals surface area (Å²) in [6.45, 7) is 0.677. The van der Waals surface area contributed by atoms with Crippen LogP contribution in [0.4, 0.5) is 5.88 Å². The van der Waals surface area contributed by atoms with Crippen LogP contribution < -0.4 is 4.31 Å². The van der Waals surface area contributed by atoms with Crippen LogP contribution in [0.25, 0.3) is 21.3 Å². The summed E-state index contributed by atoms with van der Waals surface area (Å²) >= 11 is 5.92. The molecule has 9 heteroatoms. The predicted molar refractivity (Wildman–Crippen MR) is 95.3 cm³/mol. The summed E-state index contributed by atoms with van der Waals surface area (Å²) in [4.78, 5) is 18.8. The van der Waals surface area contributed by atoms with Gasteiger partial charge in [-0.15, -0.1) is 11.3 Å². The molecular weight excluding hydrogens is 346 g/mol. The van der Waals surface area contributed by atoms with Crippen LogP contribution in [-0.4, -0.2) is 34.3 Å². The maximum Gasteiger partial charge on any atom is 0.241 e. The minimum absolute atomic E-state index is 0.498. The normalized spacial score (nSPS) is 15.6. The Kier molecular flexibility index (Phi) is 3.95. The molecule has 3 aromatic rings. The SMILES string of the molecule is CO/N=C1\CCN(S)c2oc(-c3cnc(-c4cccnc4)s3)nc21. The number of thiazole rings is 1. The minimum Gasteiger partial charge on any atom is -0.418 e. The molecule has 0 fully saturated rings. The molecule has 0 N–H and O–H groups in total. The molecule has 4 rings (SSSR count). The number of oxime groups is 1. The third-order valence-electron chi connectivity index (χ3n) is 3.50. The summed E-state index contributed by atoms with van der Waals surface area (Å²) in [5.74, 6) is 1.07. The maximum atomic E-state index is 5.89. The molecule has 7 nitrogen and oxygen atoms in total. The van der Waals surface area contributed by atoms with Gasteiger partial charge in [-0.3, -0.25) is 9.29 Å². The van der Waals surface area contributed by atoms with Crippen LogP contribution in [0.15, 0.2) is 40.3 Å². The van der Waals surface area contributed by atoms with E-state index in [1.807, 2.05) is 12.1 Å². The topological polar surface area (TPSA) is 76.6 Å². The van der Waals surface area contributed by atoms with Crippen molar-refractivity contribution in [3.63, 3.8) is 0 Å². The molecule has 0 radical (unpaired) electrons. The highest BCUT2D eigenvalue weighted by Crippen LogP contribution is 2.37. The number of nitrogens with zero attached hydrogens (tertiary/aromatic N) is 5. The second-order valence-corrected chi connectivity index (χ2v) is 6.55. The van der Waals surface area contributed by atoms with E-state index in [4.69, 9.17) is 9.25 Å². The molecule has 24 heavy (non-hydrogen) atoms. The molecule has 0 saturated heterocycles. The van der Waals surface area contributed by atoms with Crippen LogP contribution in [0.1, 0.15) is 12.1 Å². The van der Waals surface area contributed by atoms with Crippen LogP contribution in [0.3, 0.4) is 0 Å². The number of fused-ring (bicyclic) bond motifs is 1. The van der Waals surface area contributed by atoms with Crippen LogP contribution >= 0.6 is 24.2 Å². The van der Waals surface area contributed by atoms with Crippen LogP contribution in [0.5, 0.6) is 0 Å². The number of rotatable bonds is 3. The van der Waals surface area contributed by atoms with Crippen molar-refractivity contribution in [3.05, 3.63) is 36.4 Å². The molecular formula is C15H13N5O2S2. The van der Waals surface area contributed by atoms with Crippen LogP contribution in [0, 0.1) is 0 Å². The summed E-state index contributed by atoms with van der Waals surface area (Å²) in [6.07, 6.45) is 5.96. The van der Waals surface area contributed by atoms with E-state index < -0.39 is 0 Å². The average molecular weight is 359 g/mol. The molecule has 0 aromatic carbocycles. The maximum absolute atomic E-state index is 5.89. The van der Waals surface area contributed by atoms with Gasteiger partial charge >= 0.3 is 0 Å². The van der Waals surface area contributed by atoms with E-state index in [0.29, 0.717) is 30.4 Å². The van der Waals surface area contributed by atoms with Gasteiger partial charge in [-0.2, -0.15) is 0 Å². The third-order valence-corrected chi connectivity index (χ3v) is 4.92. The smallest absolute Gasteiger partial charge is 0.241 e. The van der Waals surface area contributed by atoms with Gasteiger partial charge in [0.25, 0.3) is 0 Å². The van der Waals surface area contributed by atoms with Gasteiger partial charge in [-0.05, 0) is 12.1 Å². The molecule has 0 saturated carbocycles. The lowest BCUT2D eigenvalue weighted by molar-refractivity contribution is 0.212. The molecule has 0 aliphatic carbocycles. The first-order valence-corrected chi connectivity index (χ1v) is 8.42. The molecule has 0 spiro atoms. The van der Waals surface area contributed by atoms with Crippen molar-refractivity contribution in [2.75, 3.05) is 18.0 Å². The van der Waals surface area contributed by atoms with E-state index in [1.165, 1.54) is 18.4 Å². The summed E-state index contributed by atoms with van der Waals surface area (Å²) in [7, 11) is 1.52. The van der Waals surface area contributed by atoms with Gasteiger partial charge in [-0.1, -0.05) is 18.0 Å². The van der Waals surface area contributed by atoms with Crippen molar-refractivity contribution in [3.8, 4) is 21.3 Å². The van der Waals surface area contributed by atoms with Crippen molar-refractivity contribution in [2.45, 2.75) is 6.42 Å². The Morgan fingerprint density at radius 2 is 2.33 bits per heavy atom. The van der Waals surface area contributed by atoms with Crippen LogP contribution in [0.2, 0.25) is 0 Å². The highest BCUT2D eigenvalue weighted by molar-refractivity contribution is 7.81. The van der Waals surface area contributed by atoms with Crippen molar-refractivity contribution >= 4 is 35.7 Å². The lowest BCUT2D eigenvalue weighted by Gasteiger charge is -2.20. The Balaban J connectivity index is 1.73. The van der Waals surface area contributed by atoms with E-state index in [9.17, 15) is 0 Å². The van der Waals surface area contributed by atoms with E-state index in [-0.39, 0.29) is 0 Å². The molecule has 4 heterocycles. The van der Waals surface area contributed by atoms with E-state index in [0.717, 1.165) is 21.2 Å². The first kappa shape index (κ1) is 15.2. The zero-order valence-electron chi connectivity index (χ0n) is 12.7. The first-order valence-electron chi connectivity index (χ1n) is 7.20. The van der Waals surface area contributed by atoms with Crippen molar-refractivity contribution < 1.29 is 9.25 Å². The Bertz CT molecular complexity index is 890. The summed E-state index contributed by atoms with van der Waals surface area (Å²) in [5.41, 5.74) is 2.37. The molecule has 0 atom stereocenters. The fraction of sp³-hybridized carbons (Fsp3) is 0.200. The average Bonchev–Trinajstić information content (AvgIpc) is 3.25. The summed E-state index contributed by atoms with van der Waals surface area (Å²) in [6, 6.07) is 3.85. The van der Waals surface area contributed by atoms with Crippen LogP contribution in [-0.2, 0) is 4.84 Å². The van der Waals surface area contributed by atoms with Gasteiger partial charge in [0.15, 0.2) is 5.69 Å². The lowest BCUT2D eigenvalue weighted by Crippen LogP contribution is -2.24. The fourth-order valence-corrected chi connectivity index (χ4v) is 3.47. The second kappa shape index (κ2) is 6.25. The molecule has 122 valence electrons. The van der Waals surface area contributed by atoms with E-state index >= 15 is 0 Å². The van der Waals surface area contributed by atoms with Crippen molar-refractivity contribution in [1.82, 2.24) is 15.0 Å². The number of oxazole rings is 1. The Morgan fingerprint density at radius 1 is 1.42 bits per heavy atom. The van der Waals surface area contributed by atoms with Gasteiger partial charge < -0.3 is 9.25 Å². The van der Waals surface area contributed by atoms with E-state index in [1.54, 1.807) is 22.9 Å². The number of hydrogen-bond donors (Lipinski definition) is 1. The van der Waals surface area contributed by atoms with Crippen molar-refractivity contribution in [1.29, 1.82) is 0 Å². The number of aromatic nitrogens is 3. The number of anilines is 1. The minimum atomic E-state index is 0.498. The molecule has 0 bridgehead atoms. The molecule has 1 aliphatic rings. The van der Waals surface area contributed by atoms with Gasteiger partial charge in [0.05, 0.1) is 6.20 Å². The van der Waals surface area contributed by atoms with Gasteiger partial charge in [0.2, 0.25) is 11.8 Å². The third kappa shape index (κ3) is 2.65. The highest BCUT2D eigenvalue weighted by atomic mass is 32.1. The quantitative estimate of drug-likeness (QED) is 0.571. The summed E-state index contributed by atoms with van der Waals surface area (Å²) < 4.78 is 7.61. The van der Waals surface area contributed by atoms with E-state index in [2.05, 4.69) is 32.9 Å². The second-order valence-electron chi connectivity index (χ2n) is 5.04. The molecule has 3 aromatic heterocycles. The predicted octanol–water partition coefficient (Wildman–Crippen LogP) is 3.27. The first-order chi connectivity index (χ1) is 11.8. The fourth-order valence-electron chi connectivity index (χ4n) is 2.41. The zero-order valence-corrected chi connectivity index (χ0v) is 14.4. The molecule has 1 aliphatic heterocycles. The molecule has 0 amide bonds. The van der Waals surface area contributed by atoms with Crippen molar-refractivity contribution in [2.24, 2.45) is 5.16 Å². The standard InChI is InChI=1S/C15H13N5O2S2/c1-21-19-10-4-6-20(23)15-12(10)18-13(22-15)11-8-17-14(24-11)9-3-2-5-16-7-9/h2-3,5,7-8,23H,4,6H2,1H3/b19-10+. The number of pyridine rings is 1. The van der Waals surface area contributed by atoms with Gasteiger partial charge in [0.1, 0.15) is 22.7 Å². The summed E-state index contributed by atoms with van der Waals surface area (Å²) in [5, 5.41) is 4.90. The van der Waals surface area contributed by atoms with Gasteiger partial charge in [0, 0.05) is 30.9 Å². The Hall–Kier alpha value is -2.39. The largest absolute Gasteiger partial charge is 0.418 e. The lowest BCUT2D eigenvalue weighted by atomic mass is 10.1. The zero-order chi connectivity index (χ0) is 16.5. The molecule has 0 unspecified atom stereocenters. The monoisotopic (exact) mass is 359 g/mol. The number of hydrogen-bond acceptors (Lipinski definition) is 9. The van der Waals surface area contributed by atoms with Gasteiger partial charge in [-0.25, -0.2) is 9.97 Å². The Morgan fingerprint density at radius 3 is 3.12 bits per heavy atom.